The topological polar surface area (TPSA) is 378 Å². The van der Waals surface area contributed by atoms with Crippen LogP contribution in [0, 0.1) is 13.8 Å². The summed E-state index contributed by atoms with van der Waals surface area (Å²) in [6.07, 6.45) is 0. The van der Waals surface area contributed by atoms with Gasteiger partial charge in [0.1, 0.15) is 63.5 Å². The summed E-state index contributed by atoms with van der Waals surface area (Å²) >= 11 is 0. The van der Waals surface area contributed by atoms with Crippen molar-refractivity contribution < 1.29 is 76.4 Å². The summed E-state index contributed by atoms with van der Waals surface area (Å²) in [6, 6.07) is 10.6. The minimum Gasteiger partial charge on any atom is -0.744 e. The smallest absolute Gasteiger partial charge is 0.323 e. The first-order chi connectivity index (χ1) is 29.7. The van der Waals surface area contributed by atoms with Gasteiger partial charge in [-0.2, -0.15) is 10.2 Å². The van der Waals surface area contributed by atoms with Gasteiger partial charge in [0.15, 0.2) is 0 Å². The Morgan fingerprint density at radius 3 is 1.08 bits per heavy atom. The zero-order chi connectivity index (χ0) is 47.3. The highest BCUT2D eigenvalue weighted by atomic mass is 32.2. The first-order valence-electron chi connectivity index (χ1n) is 17.4. The van der Waals surface area contributed by atoms with Crippen LogP contribution in [0.3, 0.4) is 0 Å². The first kappa shape index (κ1) is 46.6. The van der Waals surface area contributed by atoms with Crippen LogP contribution in [0.15, 0.2) is 113 Å². The van der Waals surface area contributed by atoms with Gasteiger partial charge in [-0.3, -0.25) is 0 Å². The van der Waals surface area contributed by atoms with Crippen LogP contribution in [-0.2, 0) is 40.5 Å². The maximum absolute atomic E-state index is 13.3. The number of aryl methyl sites for hydroxylation is 2. The molecular weight excluding hydrogens is 929 g/mol. The summed E-state index contributed by atoms with van der Waals surface area (Å²) in [7, 11) is -18.0. The van der Waals surface area contributed by atoms with E-state index in [0.717, 1.165) is 36.4 Å². The molecule has 0 unspecified atom stereocenters. The largest absolute Gasteiger partial charge is 0.744 e. The van der Waals surface area contributed by atoms with Gasteiger partial charge in [0.25, 0.3) is 0 Å². The van der Waals surface area contributed by atoms with E-state index >= 15 is 0 Å². The molecule has 2 amide bonds. The number of amides is 2. The molecular formula is C37H28N6O17S4-4. The number of azo groups is 2. The molecule has 6 aromatic rings. The van der Waals surface area contributed by atoms with Crippen LogP contribution < -0.4 is 20.1 Å². The molecule has 0 aliphatic heterocycles. The van der Waals surface area contributed by atoms with Crippen LogP contribution in [0.25, 0.3) is 21.5 Å². The van der Waals surface area contributed by atoms with E-state index in [1.54, 1.807) is 13.8 Å². The summed E-state index contributed by atoms with van der Waals surface area (Å²) in [5.74, 6) is -1.50. The second-order valence-electron chi connectivity index (χ2n) is 13.4. The number of phenols is 2. The number of ether oxygens (including phenoxy) is 2. The molecule has 0 spiro atoms. The van der Waals surface area contributed by atoms with Gasteiger partial charge in [0.2, 0.25) is 0 Å². The van der Waals surface area contributed by atoms with Crippen molar-refractivity contribution in [1.29, 1.82) is 0 Å². The van der Waals surface area contributed by atoms with E-state index in [9.17, 15) is 66.9 Å². The van der Waals surface area contributed by atoms with Gasteiger partial charge in [0, 0.05) is 12.1 Å². The Morgan fingerprint density at radius 1 is 0.484 bits per heavy atom. The Morgan fingerprint density at radius 2 is 0.781 bits per heavy atom. The minimum absolute atomic E-state index is 0.0285. The lowest BCUT2D eigenvalue weighted by molar-refractivity contribution is 0.262. The number of aromatic hydroxyl groups is 2. The van der Waals surface area contributed by atoms with Gasteiger partial charge in [-0.25, -0.2) is 38.5 Å². The molecule has 336 valence electrons. The summed E-state index contributed by atoms with van der Waals surface area (Å²) < 4.78 is 152. The normalized spacial score (nSPS) is 12.6. The fourth-order valence-electron chi connectivity index (χ4n) is 6.16. The van der Waals surface area contributed by atoms with Crippen molar-refractivity contribution in [2.45, 2.75) is 33.4 Å². The van der Waals surface area contributed by atoms with Gasteiger partial charge >= 0.3 is 6.03 Å². The van der Waals surface area contributed by atoms with E-state index in [1.165, 1.54) is 38.5 Å². The molecule has 0 radical (unpaired) electrons. The number of anilines is 2. The van der Waals surface area contributed by atoms with Crippen molar-refractivity contribution in [1.82, 2.24) is 0 Å². The van der Waals surface area contributed by atoms with E-state index in [1.807, 2.05) is 0 Å². The number of phenolic OH excluding ortho intramolecular Hbond substituents is 2. The zero-order valence-corrected chi connectivity index (χ0v) is 36.1. The Labute approximate surface area is 362 Å². The highest BCUT2D eigenvalue weighted by Gasteiger charge is 2.19. The predicted octanol–water partition coefficient (Wildman–Crippen LogP) is 6.13. The molecule has 0 aromatic heterocycles. The molecule has 0 aliphatic rings. The van der Waals surface area contributed by atoms with E-state index in [2.05, 4.69) is 31.1 Å². The number of rotatable bonds is 12. The van der Waals surface area contributed by atoms with Crippen molar-refractivity contribution in [2.24, 2.45) is 20.5 Å². The summed E-state index contributed by atoms with van der Waals surface area (Å²) in [5, 5.41) is 41.5. The molecule has 27 heteroatoms. The third-order valence-corrected chi connectivity index (χ3v) is 12.4. The first-order valence-corrected chi connectivity index (χ1v) is 23.0. The van der Waals surface area contributed by atoms with Crippen molar-refractivity contribution in [3.05, 3.63) is 83.9 Å². The number of fused-ring (bicyclic) bond motifs is 2. The number of hydrogen-bond donors (Lipinski definition) is 4. The fourth-order valence-corrected chi connectivity index (χ4v) is 8.27. The number of hydrogen-bond acceptors (Lipinski definition) is 21. The molecule has 6 rings (SSSR count). The average Bonchev–Trinajstić information content (AvgIpc) is 3.18. The lowest BCUT2D eigenvalue weighted by atomic mass is 10.1. The number of carbonyl (C=O) groups excluding carboxylic acids is 1. The fraction of sp³-hybridized carbons (Fsp3) is 0.108. The Kier molecular flexibility index (Phi) is 12.4. The van der Waals surface area contributed by atoms with Gasteiger partial charge in [-0.15, -0.1) is 10.2 Å². The summed E-state index contributed by atoms with van der Waals surface area (Å²) in [4.78, 5) is 9.79. The van der Waals surface area contributed by atoms with Crippen LogP contribution >= 0.6 is 0 Å². The highest BCUT2D eigenvalue weighted by molar-refractivity contribution is 7.86. The lowest BCUT2D eigenvalue weighted by Crippen LogP contribution is -2.20. The maximum atomic E-state index is 13.3. The van der Waals surface area contributed by atoms with Crippen LogP contribution in [0.5, 0.6) is 23.0 Å². The quantitative estimate of drug-likeness (QED) is 0.0791. The molecule has 0 fully saturated rings. The SMILES string of the molecule is COc1cc(N=Nc2cc(S(=O)(=O)[O-])cc3cc(S(=O)(=O)[O-])cc(O)c23)c(C)cc1NC(=O)Nc1cc(C)c(N=Nc2cc(S(=O)(=O)[O-])cc3cc(S(=O)(=O)[O-])cc(O)c23)cc1OC. The summed E-state index contributed by atoms with van der Waals surface area (Å²) in [6.45, 7) is 3.09. The van der Waals surface area contributed by atoms with Crippen LogP contribution in [0.2, 0.25) is 0 Å². The number of methoxy groups -OCH3 is 2. The van der Waals surface area contributed by atoms with Crippen molar-refractivity contribution in [3.63, 3.8) is 0 Å². The molecule has 0 aliphatic carbocycles. The Bertz CT molecular complexity index is 3250. The van der Waals surface area contributed by atoms with Gasteiger partial charge in [-0.05, 0) is 96.4 Å². The molecule has 0 saturated heterocycles. The van der Waals surface area contributed by atoms with Crippen molar-refractivity contribution in [2.75, 3.05) is 24.9 Å². The summed E-state index contributed by atoms with van der Waals surface area (Å²) in [5.41, 5.74) is 0.282. The minimum atomic E-state index is -5.16. The van der Waals surface area contributed by atoms with Crippen LogP contribution in [0.1, 0.15) is 11.1 Å². The molecule has 0 bridgehead atoms. The Balaban J connectivity index is 1.28. The molecule has 6 aromatic carbocycles. The van der Waals surface area contributed by atoms with E-state index in [4.69, 9.17) is 9.47 Å². The van der Waals surface area contributed by atoms with E-state index in [0.29, 0.717) is 23.3 Å². The second-order valence-corrected chi connectivity index (χ2v) is 19.0. The average molecular weight is 957 g/mol. The standard InChI is InChI=1S/C37H32N6O17S4/c1-17-5-27(33(59-3)15-25(17)40-42-29-11-21(61(47,48)49)7-19-9-23(63(53,54)55)13-31(44)35(19)29)38-37(46)39-28-6-18(2)26(16-34(28)60-4)41-43-30-12-22(62(50,51)52)8-20-10-24(64(56,57)58)14-32(45)36(20)30/h5-16,44-45H,1-4H3,(H2,38,39,46)(H,47,48,49)(H,50,51,52)(H,53,54,55)(H,56,57,58)/p-4. The second kappa shape index (κ2) is 17.0. The zero-order valence-electron chi connectivity index (χ0n) is 32.9. The lowest BCUT2D eigenvalue weighted by Gasteiger charge is -2.16. The molecule has 0 heterocycles. The monoisotopic (exact) mass is 956 g/mol. The third-order valence-electron chi connectivity index (χ3n) is 9.13. The van der Waals surface area contributed by atoms with Crippen molar-refractivity contribution >= 4 is 102 Å². The molecule has 0 saturated carbocycles. The third kappa shape index (κ3) is 10.0. The van der Waals surface area contributed by atoms with Gasteiger partial charge < -0.3 is 48.5 Å². The number of urea groups is 1. The van der Waals surface area contributed by atoms with E-state index < -0.39 is 77.6 Å². The number of nitrogens with zero attached hydrogens (tertiary/aromatic N) is 4. The maximum Gasteiger partial charge on any atom is 0.323 e. The van der Waals surface area contributed by atoms with Crippen LogP contribution in [-0.4, -0.2) is 82.3 Å². The molecule has 0 atom stereocenters. The number of carbonyl (C=O) groups is 1. The number of benzene rings is 6. The number of nitrogens with one attached hydrogen (secondary N) is 2. The van der Waals surface area contributed by atoms with Gasteiger partial charge in [-0.1, -0.05) is 0 Å². The molecule has 4 N–H and O–H groups in total. The molecule has 23 nitrogen and oxygen atoms in total. The van der Waals surface area contributed by atoms with Gasteiger partial charge in [0.05, 0.1) is 78.7 Å². The van der Waals surface area contributed by atoms with Crippen molar-refractivity contribution in [3.8, 4) is 23.0 Å². The van der Waals surface area contributed by atoms with E-state index in [-0.39, 0.29) is 67.2 Å². The predicted molar refractivity (Wildman–Crippen MR) is 220 cm³/mol. The highest BCUT2D eigenvalue weighted by Crippen LogP contribution is 2.42. The molecule has 64 heavy (non-hydrogen) atoms. The van der Waals surface area contributed by atoms with Crippen LogP contribution in [0.4, 0.5) is 38.9 Å². The Hall–Kier alpha value is -6.85.